The van der Waals surface area contributed by atoms with Crippen LogP contribution in [0, 0.1) is 0 Å². The molecule has 0 atom stereocenters. The highest BCUT2D eigenvalue weighted by Crippen LogP contribution is 2.13. The molecule has 16 heavy (non-hydrogen) atoms. The van der Waals surface area contributed by atoms with E-state index in [4.69, 9.17) is 9.26 Å². The van der Waals surface area contributed by atoms with Crippen molar-refractivity contribution in [3.8, 4) is 0 Å². The average molecular weight is 224 g/mol. The van der Waals surface area contributed by atoms with Gasteiger partial charge in [-0.2, -0.15) is 0 Å². The molecule has 5 heteroatoms. The summed E-state index contributed by atoms with van der Waals surface area (Å²) in [5.74, 6) is 0.309. The maximum absolute atomic E-state index is 11.3. The number of carbonyl (C=O) groups is 1. The normalized spacial score (nSPS) is 16.6. The zero-order chi connectivity index (χ0) is 11.4. The van der Waals surface area contributed by atoms with E-state index in [1.165, 1.54) is 12.8 Å². The fourth-order valence-corrected chi connectivity index (χ4v) is 1.85. The monoisotopic (exact) mass is 224 g/mol. The molecule has 88 valence electrons. The molecule has 2 rings (SSSR count). The molecule has 0 amide bonds. The van der Waals surface area contributed by atoms with Gasteiger partial charge in [-0.15, -0.1) is 0 Å². The Hall–Kier alpha value is -1.36. The predicted octanol–water partition coefficient (Wildman–Crippen LogP) is 1.45. The Balaban J connectivity index is 1.93. The Labute approximate surface area is 94.3 Å². The summed E-state index contributed by atoms with van der Waals surface area (Å²) in [6.45, 7) is 5.04. The van der Waals surface area contributed by atoms with Crippen LogP contribution in [0.25, 0.3) is 0 Å². The molecule has 5 nitrogen and oxygen atoms in total. The van der Waals surface area contributed by atoms with Crippen LogP contribution >= 0.6 is 0 Å². The summed E-state index contributed by atoms with van der Waals surface area (Å²) < 4.78 is 9.94. The van der Waals surface area contributed by atoms with E-state index >= 15 is 0 Å². The molecule has 1 saturated heterocycles. The van der Waals surface area contributed by atoms with Crippen molar-refractivity contribution in [3.05, 3.63) is 17.5 Å². The van der Waals surface area contributed by atoms with Gasteiger partial charge in [-0.1, -0.05) is 5.16 Å². The zero-order valence-corrected chi connectivity index (χ0v) is 9.44. The third kappa shape index (κ3) is 2.61. The molecule has 0 aromatic carbocycles. The molecule has 1 aliphatic rings. The number of nitrogens with zero attached hydrogens (tertiary/aromatic N) is 2. The zero-order valence-electron chi connectivity index (χ0n) is 9.44. The van der Waals surface area contributed by atoms with Crippen molar-refractivity contribution in [1.82, 2.24) is 10.1 Å². The lowest BCUT2D eigenvalue weighted by Crippen LogP contribution is -2.17. The van der Waals surface area contributed by atoms with Crippen LogP contribution in [0.3, 0.4) is 0 Å². The maximum Gasteiger partial charge on any atom is 0.360 e. The second kappa shape index (κ2) is 5.12. The van der Waals surface area contributed by atoms with E-state index in [1.807, 2.05) is 0 Å². The highest BCUT2D eigenvalue weighted by Gasteiger charge is 2.17. The first kappa shape index (κ1) is 11.1. The van der Waals surface area contributed by atoms with Crippen molar-refractivity contribution < 1.29 is 14.1 Å². The van der Waals surface area contributed by atoms with E-state index in [0.29, 0.717) is 6.61 Å². The highest BCUT2D eigenvalue weighted by atomic mass is 16.5. The van der Waals surface area contributed by atoms with Crippen molar-refractivity contribution in [2.24, 2.45) is 0 Å². The molecule has 0 bridgehead atoms. The SMILES string of the molecule is CCOC(=O)c1cc(CN2CCCC2)on1. The van der Waals surface area contributed by atoms with Gasteiger partial charge in [-0.3, -0.25) is 4.90 Å². The smallest absolute Gasteiger partial charge is 0.360 e. The summed E-state index contributed by atoms with van der Waals surface area (Å²) >= 11 is 0. The van der Waals surface area contributed by atoms with Crippen LogP contribution in [0.1, 0.15) is 36.0 Å². The predicted molar refractivity (Wildman–Crippen MR) is 57.0 cm³/mol. The van der Waals surface area contributed by atoms with E-state index in [1.54, 1.807) is 13.0 Å². The lowest BCUT2D eigenvalue weighted by Gasteiger charge is -2.10. The number of aromatic nitrogens is 1. The Morgan fingerprint density at radius 1 is 1.56 bits per heavy atom. The van der Waals surface area contributed by atoms with Gasteiger partial charge in [0.15, 0.2) is 11.5 Å². The van der Waals surface area contributed by atoms with Gasteiger partial charge >= 0.3 is 5.97 Å². The minimum absolute atomic E-state index is 0.260. The van der Waals surface area contributed by atoms with Crippen molar-refractivity contribution in [2.75, 3.05) is 19.7 Å². The van der Waals surface area contributed by atoms with E-state index in [-0.39, 0.29) is 5.69 Å². The van der Waals surface area contributed by atoms with Gasteiger partial charge < -0.3 is 9.26 Å². The molecule has 0 unspecified atom stereocenters. The summed E-state index contributed by atoms with van der Waals surface area (Å²) in [6, 6.07) is 1.66. The number of hydrogen-bond donors (Lipinski definition) is 0. The standard InChI is InChI=1S/C11H16N2O3/c1-2-15-11(14)10-7-9(16-12-10)8-13-5-3-4-6-13/h7H,2-6,8H2,1H3. The number of hydrogen-bond acceptors (Lipinski definition) is 5. The number of esters is 1. The van der Waals surface area contributed by atoms with E-state index in [0.717, 1.165) is 25.4 Å². The molecule has 0 spiro atoms. The van der Waals surface area contributed by atoms with Gasteiger partial charge in [0.05, 0.1) is 13.2 Å². The summed E-state index contributed by atoms with van der Waals surface area (Å²) in [5.41, 5.74) is 0.260. The first-order chi connectivity index (χ1) is 7.79. The van der Waals surface area contributed by atoms with Crippen LogP contribution in [0.2, 0.25) is 0 Å². The second-order valence-electron chi connectivity index (χ2n) is 3.88. The minimum Gasteiger partial charge on any atom is -0.461 e. The molecule has 2 heterocycles. The van der Waals surface area contributed by atoms with E-state index in [2.05, 4.69) is 10.1 Å². The summed E-state index contributed by atoms with van der Waals surface area (Å²) in [4.78, 5) is 13.6. The Morgan fingerprint density at radius 2 is 2.31 bits per heavy atom. The second-order valence-corrected chi connectivity index (χ2v) is 3.88. The first-order valence-electron chi connectivity index (χ1n) is 5.64. The van der Waals surface area contributed by atoms with Crippen LogP contribution in [0.15, 0.2) is 10.6 Å². The van der Waals surface area contributed by atoms with E-state index < -0.39 is 5.97 Å². The third-order valence-electron chi connectivity index (χ3n) is 2.62. The van der Waals surface area contributed by atoms with Gasteiger partial charge in [0.1, 0.15) is 0 Å². The average Bonchev–Trinajstić information content (AvgIpc) is 2.90. The van der Waals surface area contributed by atoms with Gasteiger partial charge in [-0.05, 0) is 32.9 Å². The Morgan fingerprint density at radius 3 is 3.00 bits per heavy atom. The molecule has 0 N–H and O–H groups in total. The van der Waals surface area contributed by atoms with Crippen molar-refractivity contribution in [3.63, 3.8) is 0 Å². The minimum atomic E-state index is -0.418. The fraction of sp³-hybridized carbons (Fsp3) is 0.636. The van der Waals surface area contributed by atoms with Gasteiger partial charge in [-0.25, -0.2) is 4.79 Å². The van der Waals surface area contributed by atoms with Gasteiger partial charge in [0.25, 0.3) is 0 Å². The maximum atomic E-state index is 11.3. The molecule has 1 aliphatic heterocycles. The van der Waals surface area contributed by atoms with Gasteiger partial charge in [0, 0.05) is 6.07 Å². The van der Waals surface area contributed by atoms with E-state index in [9.17, 15) is 4.79 Å². The van der Waals surface area contributed by atoms with Crippen LogP contribution in [-0.2, 0) is 11.3 Å². The molecule has 1 aromatic heterocycles. The number of likely N-dealkylation sites (tertiary alicyclic amines) is 1. The van der Waals surface area contributed by atoms with Crippen LogP contribution in [-0.4, -0.2) is 35.7 Å². The summed E-state index contributed by atoms with van der Waals surface area (Å²) in [7, 11) is 0. The fourth-order valence-electron chi connectivity index (χ4n) is 1.85. The van der Waals surface area contributed by atoms with Gasteiger partial charge in [0.2, 0.25) is 0 Å². The third-order valence-corrected chi connectivity index (χ3v) is 2.62. The van der Waals surface area contributed by atoms with Crippen molar-refractivity contribution in [1.29, 1.82) is 0 Å². The van der Waals surface area contributed by atoms with Crippen LogP contribution in [0.5, 0.6) is 0 Å². The lowest BCUT2D eigenvalue weighted by atomic mass is 10.3. The highest BCUT2D eigenvalue weighted by molar-refractivity contribution is 5.87. The van der Waals surface area contributed by atoms with Crippen LogP contribution in [0.4, 0.5) is 0 Å². The summed E-state index contributed by atoms with van der Waals surface area (Å²) in [5, 5.41) is 3.70. The molecule has 0 radical (unpaired) electrons. The number of ether oxygens (including phenoxy) is 1. The van der Waals surface area contributed by atoms with Crippen molar-refractivity contribution in [2.45, 2.75) is 26.3 Å². The summed E-state index contributed by atoms with van der Waals surface area (Å²) in [6.07, 6.45) is 2.47. The topological polar surface area (TPSA) is 55.6 Å². The molecule has 0 saturated carbocycles. The Bertz CT molecular complexity index is 356. The van der Waals surface area contributed by atoms with Crippen LogP contribution < -0.4 is 0 Å². The van der Waals surface area contributed by atoms with Crippen molar-refractivity contribution >= 4 is 5.97 Å². The molecule has 1 aromatic rings. The molecular weight excluding hydrogens is 208 g/mol. The molecular formula is C11H16N2O3. The first-order valence-corrected chi connectivity index (χ1v) is 5.64. The number of carbonyl (C=O) groups excluding carboxylic acids is 1. The molecule has 0 aliphatic carbocycles. The Kier molecular flexibility index (Phi) is 3.56. The number of rotatable bonds is 4. The quantitative estimate of drug-likeness (QED) is 0.724. The molecule has 1 fully saturated rings. The largest absolute Gasteiger partial charge is 0.461 e. The lowest BCUT2D eigenvalue weighted by molar-refractivity contribution is 0.0514.